The van der Waals surface area contributed by atoms with Crippen LogP contribution in [0.5, 0.6) is 5.88 Å². The van der Waals surface area contributed by atoms with Crippen molar-refractivity contribution in [3.05, 3.63) is 23.9 Å². The Morgan fingerprint density at radius 3 is 2.72 bits per heavy atom. The highest BCUT2D eigenvalue weighted by Gasteiger charge is 2.28. The van der Waals surface area contributed by atoms with Crippen LogP contribution in [0.4, 0.5) is 0 Å². The Morgan fingerprint density at radius 1 is 1.28 bits per heavy atom. The Labute approximate surface area is 166 Å². The lowest BCUT2D eigenvalue weighted by atomic mass is 10.3. The molecule has 0 bridgehead atoms. The number of carbonyl (C=O) groups excluding carboxylic acids is 1. The van der Waals surface area contributed by atoms with Crippen molar-refractivity contribution in [2.45, 2.75) is 33.2 Å². The molecule has 0 aliphatic heterocycles. The number of halogens is 1. The second-order valence-corrected chi connectivity index (χ2v) is 5.59. The van der Waals surface area contributed by atoms with Crippen molar-refractivity contribution in [1.29, 1.82) is 0 Å². The monoisotopic (exact) mass is 461 g/mol. The van der Waals surface area contributed by atoms with Gasteiger partial charge >= 0.3 is 0 Å². The highest BCUT2D eigenvalue weighted by Crippen LogP contribution is 2.28. The van der Waals surface area contributed by atoms with Crippen molar-refractivity contribution in [2.75, 3.05) is 26.2 Å². The lowest BCUT2D eigenvalue weighted by Gasteiger charge is -2.12. The van der Waals surface area contributed by atoms with Crippen LogP contribution >= 0.6 is 24.0 Å². The van der Waals surface area contributed by atoms with Crippen LogP contribution in [0, 0.1) is 5.92 Å². The molecule has 1 fully saturated rings. The molecule has 0 radical (unpaired) electrons. The van der Waals surface area contributed by atoms with Gasteiger partial charge in [-0.1, -0.05) is 6.07 Å². The number of aromatic nitrogens is 1. The van der Waals surface area contributed by atoms with Crippen LogP contribution in [-0.2, 0) is 11.3 Å². The number of nitrogens with zero attached hydrogens (tertiary/aromatic N) is 2. The standard InChI is InChI=1S/C17H27N5O2.HI/c1-3-18-17(21-11-10-19-15(23)13-7-8-13)22-12-14-6-5-9-20-16(14)24-4-2;/h5-6,9,13H,3-4,7-8,10-12H2,1-2H3,(H,19,23)(H2,18,21,22);1H. The number of carbonyl (C=O) groups is 1. The van der Waals surface area contributed by atoms with Gasteiger partial charge < -0.3 is 20.7 Å². The van der Waals surface area contributed by atoms with E-state index in [0.717, 1.165) is 24.9 Å². The molecule has 0 saturated heterocycles. The molecule has 1 aliphatic rings. The maximum atomic E-state index is 11.6. The minimum Gasteiger partial charge on any atom is -0.478 e. The summed E-state index contributed by atoms with van der Waals surface area (Å²) in [6, 6.07) is 3.84. The fourth-order valence-electron chi connectivity index (χ4n) is 2.17. The maximum absolute atomic E-state index is 11.6. The van der Waals surface area contributed by atoms with Crippen molar-refractivity contribution in [2.24, 2.45) is 10.9 Å². The van der Waals surface area contributed by atoms with Gasteiger partial charge in [0.2, 0.25) is 11.8 Å². The van der Waals surface area contributed by atoms with Crippen molar-refractivity contribution in [3.8, 4) is 5.88 Å². The van der Waals surface area contributed by atoms with Crippen LogP contribution in [-0.4, -0.2) is 43.1 Å². The number of guanidine groups is 1. The SMILES string of the molecule is CCNC(=NCc1cccnc1OCC)NCCNC(=O)C1CC1.I. The minimum atomic E-state index is 0. The first-order chi connectivity index (χ1) is 11.7. The van der Waals surface area contributed by atoms with Gasteiger partial charge in [-0.15, -0.1) is 24.0 Å². The van der Waals surface area contributed by atoms with Crippen LogP contribution in [0.2, 0.25) is 0 Å². The Balaban J connectivity index is 0.00000312. The summed E-state index contributed by atoms with van der Waals surface area (Å²) in [6.07, 6.45) is 3.76. The molecule has 2 rings (SSSR count). The zero-order valence-electron chi connectivity index (χ0n) is 14.9. The van der Waals surface area contributed by atoms with E-state index < -0.39 is 0 Å². The molecule has 1 heterocycles. The van der Waals surface area contributed by atoms with Crippen molar-refractivity contribution < 1.29 is 9.53 Å². The fourth-order valence-corrected chi connectivity index (χ4v) is 2.17. The summed E-state index contributed by atoms with van der Waals surface area (Å²) < 4.78 is 5.51. The normalized spacial score (nSPS) is 13.6. The van der Waals surface area contributed by atoms with Gasteiger partial charge in [0.1, 0.15) is 0 Å². The van der Waals surface area contributed by atoms with Crippen LogP contribution in [0.25, 0.3) is 0 Å². The Hall–Kier alpha value is -1.58. The zero-order valence-corrected chi connectivity index (χ0v) is 17.2. The fraction of sp³-hybridized carbons (Fsp3) is 0.588. The van der Waals surface area contributed by atoms with Crippen LogP contribution in [0.1, 0.15) is 32.3 Å². The maximum Gasteiger partial charge on any atom is 0.223 e. The number of hydrogen-bond acceptors (Lipinski definition) is 4. The molecule has 1 aromatic heterocycles. The number of aliphatic imine (C=N–C) groups is 1. The van der Waals surface area contributed by atoms with Gasteiger partial charge in [-0.25, -0.2) is 9.98 Å². The predicted octanol–water partition coefficient (Wildman–Crippen LogP) is 1.68. The molecule has 7 nitrogen and oxygen atoms in total. The smallest absolute Gasteiger partial charge is 0.223 e. The molecule has 0 atom stereocenters. The molecule has 25 heavy (non-hydrogen) atoms. The van der Waals surface area contributed by atoms with Gasteiger partial charge in [0.25, 0.3) is 0 Å². The zero-order chi connectivity index (χ0) is 17.2. The number of hydrogen-bond donors (Lipinski definition) is 3. The molecule has 0 unspecified atom stereocenters. The average molecular weight is 461 g/mol. The van der Waals surface area contributed by atoms with E-state index in [0.29, 0.717) is 38.1 Å². The van der Waals surface area contributed by atoms with Crippen LogP contribution in [0.15, 0.2) is 23.3 Å². The Kier molecular flexibility index (Phi) is 10.2. The summed E-state index contributed by atoms with van der Waals surface area (Å²) in [4.78, 5) is 20.4. The topological polar surface area (TPSA) is 87.6 Å². The number of pyridine rings is 1. The third-order valence-electron chi connectivity index (χ3n) is 3.55. The average Bonchev–Trinajstić information content (AvgIpc) is 3.42. The molecule has 0 spiro atoms. The van der Waals surface area contributed by atoms with E-state index in [1.54, 1.807) is 6.20 Å². The van der Waals surface area contributed by atoms with Gasteiger partial charge in [-0.05, 0) is 32.8 Å². The minimum absolute atomic E-state index is 0. The second-order valence-electron chi connectivity index (χ2n) is 5.59. The molecule has 3 N–H and O–H groups in total. The van der Waals surface area contributed by atoms with E-state index >= 15 is 0 Å². The van der Waals surface area contributed by atoms with E-state index in [-0.39, 0.29) is 35.8 Å². The van der Waals surface area contributed by atoms with Gasteiger partial charge in [0.15, 0.2) is 5.96 Å². The first-order valence-electron chi connectivity index (χ1n) is 8.61. The van der Waals surface area contributed by atoms with Gasteiger partial charge in [0, 0.05) is 37.3 Å². The largest absolute Gasteiger partial charge is 0.478 e. The Morgan fingerprint density at radius 2 is 2.04 bits per heavy atom. The molecule has 8 heteroatoms. The van der Waals surface area contributed by atoms with Crippen molar-refractivity contribution in [3.63, 3.8) is 0 Å². The highest BCUT2D eigenvalue weighted by atomic mass is 127. The lowest BCUT2D eigenvalue weighted by molar-refractivity contribution is -0.122. The molecule has 1 aliphatic carbocycles. The summed E-state index contributed by atoms with van der Waals surface area (Å²) in [5, 5.41) is 9.34. The van der Waals surface area contributed by atoms with E-state index in [4.69, 9.17) is 4.74 Å². The van der Waals surface area contributed by atoms with Crippen LogP contribution < -0.4 is 20.7 Å². The molecular formula is C17H28IN5O2. The first-order valence-corrected chi connectivity index (χ1v) is 8.61. The predicted molar refractivity (Wildman–Crippen MR) is 109 cm³/mol. The summed E-state index contributed by atoms with van der Waals surface area (Å²) in [7, 11) is 0. The molecule has 0 aromatic carbocycles. The third-order valence-corrected chi connectivity index (χ3v) is 3.55. The van der Waals surface area contributed by atoms with Crippen molar-refractivity contribution >= 4 is 35.8 Å². The van der Waals surface area contributed by atoms with E-state index in [2.05, 4.69) is 25.9 Å². The van der Waals surface area contributed by atoms with E-state index in [1.807, 2.05) is 26.0 Å². The number of rotatable bonds is 9. The molecule has 1 saturated carbocycles. The molecule has 1 aromatic rings. The molecule has 140 valence electrons. The van der Waals surface area contributed by atoms with E-state index in [1.165, 1.54) is 0 Å². The summed E-state index contributed by atoms with van der Waals surface area (Å²) in [5.41, 5.74) is 0.943. The van der Waals surface area contributed by atoms with Gasteiger partial charge in [-0.2, -0.15) is 0 Å². The molecular weight excluding hydrogens is 433 g/mol. The lowest BCUT2D eigenvalue weighted by Crippen LogP contribution is -2.41. The van der Waals surface area contributed by atoms with Gasteiger partial charge in [-0.3, -0.25) is 4.79 Å². The second kappa shape index (κ2) is 11.9. The number of nitrogens with one attached hydrogen (secondary N) is 3. The quantitative estimate of drug-likeness (QED) is 0.226. The third kappa shape index (κ3) is 7.89. The first kappa shape index (κ1) is 21.5. The number of ether oxygens (including phenoxy) is 1. The summed E-state index contributed by atoms with van der Waals surface area (Å²) in [5.74, 6) is 1.74. The summed E-state index contributed by atoms with van der Waals surface area (Å²) >= 11 is 0. The number of amides is 1. The van der Waals surface area contributed by atoms with Gasteiger partial charge in [0.05, 0.1) is 13.2 Å². The van der Waals surface area contributed by atoms with Crippen LogP contribution in [0.3, 0.4) is 0 Å². The van der Waals surface area contributed by atoms with Crippen molar-refractivity contribution in [1.82, 2.24) is 20.9 Å². The Bertz CT molecular complexity index is 564. The van der Waals surface area contributed by atoms with E-state index in [9.17, 15) is 4.79 Å². The highest BCUT2D eigenvalue weighted by molar-refractivity contribution is 14.0. The summed E-state index contributed by atoms with van der Waals surface area (Å²) in [6.45, 7) is 7.00. The molecule has 1 amide bonds.